The molecule has 18 nitrogen and oxygen atoms in total. The van der Waals surface area contributed by atoms with Crippen molar-refractivity contribution < 1.29 is 67.8 Å². The smallest absolute Gasteiger partial charge is 0.331 e. The maximum absolute atomic E-state index is 11.4. The third-order valence-corrected chi connectivity index (χ3v) is 6.74. The van der Waals surface area contributed by atoms with Gasteiger partial charge in [0.25, 0.3) is 0 Å². The van der Waals surface area contributed by atoms with Gasteiger partial charge >= 0.3 is 35.8 Å². The molecule has 0 spiro atoms. The van der Waals surface area contributed by atoms with Gasteiger partial charge in [-0.05, 0) is 0 Å². The summed E-state index contributed by atoms with van der Waals surface area (Å²) < 4.78 is 22.9. The van der Waals surface area contributed by atoms with Crippen LogP contribution in [0.5, 0.6) is 0 Å². The lowest BCUT2D eigenvalue weighted by Gasteiger charge is -2.34. The number of ether oxygens (including phenoxy) is 5. The first-order chi connectivity index (χ1) is 23.5. The van der Waals surface area contributed by atoms with Crippen LogP contribution in [-0.4, -0.2) is 197 Å². The lowest BCUT2D eigenvalue weighted by Crippen LogP contribution is -2.48. The zero-order chi connectivity index (χ0) is 36.9. The molecule has 2 saturated heterocycles. The Hall–Kier alpha value is -4.20. The fourth-order valence-corrected chi connectivity index (χ4v) is 4.02. The summed E-state index contributed by atoms with van der Waals surface area (Å²) in [5.41, 5.74) is 0. The van der Waals surface area contributed by atoms with E-state index in [-0.39, 0.29) is 41.3 Å². The van der Waals surface area contributed by atoms with Crippen LogP contribution < -0.4 is 0 Å². The minimum Gasteiger partial charge on any atom is -0.478 e. The molecule has 0 aliphatic carbocycles. The maximum atomic E-state index is 11.4. The van der Waals surface area contributed by atoms with E-state index in [0.29, 0.717) is 19.2 Å². The van der Waals surface area contributed by atoms with Crippen molar-refractivity contribution in [2.24, 2.45) is 0 Å². The largest absolute Gasteiger partial charge is 0.478 e. The SMILES string of the molecule is C.C.COC(=O)/C=C/C(=O)O.COC(=O)/C=C/C(=O)OCCN1CCN(CCOC(=O)/C=C/C(=O)OC)CC1.OCCN1CCN(CCO)CC1. The molecule has 51 heavy (non-hydrogen) atoms. The number of carbonyl (C=O) groups is 6. The zero-order valence-corrected chi connectivity index (χ0v) is 28.4. The number of carboxylic acid groups (broad SMARTS) is 1. The summed E-state index contributed by atoms with van der Waals surface area (Å²) in [7, 11) is 3.63. The Morgan fingerprint density at radius 3 is 0.980 bits per heavy atom. The molecule has 0 bridgehead atoms. The maximum Gasteiger partial charge on any atom is 0.331 e. The second kappa shape index (κ2) is 33.0. The summed E-state index contributed by atoms with van der Waals surface area (Å²) >= 11 is 0. The average Bonchev–Trinajstić information content (AvgIpc) is 3.10. The van der Waals surface area contributed by atoms with Gasteiger partial charge in [-0.1, -0.05) is 14.9 Å². The van der Waals surface area contributed by atoms with Crippen LogP contribution in [0.2, 0.25) is 0 Å². The van der Waals surface area contributed by atoms with Gasteiger partial charge in [-0.25, -0.2) is 28.8 Å². The van der Waals surface area contributed by atoms with Gasteiger partial charge < -0.3 is 39.0 Å². The van der Waals surface area contributed by atoms with Crippen molar-refractivity contribution >= 4 is 35.8 Å². The molecule has 0 atom stereocenters. The molecular formula is C33H58N4O14. The number of esters is 5. The van der Waals surface area contributed by atoms with E-state index in [1.54, 1.807) is 0 Å². The topological polar surface area (TPSA) is 222 Å². The minimum absolute atomic E-state index is 0. The van der Waals surface area contributed by atoms with Crippen LogP contribution in [0.15, 0.2) is 36.5 Å². The molecule has 0 unspecified atom stereocenters. The third-order valence-electron chi connectivity index (χ3n) is 6.74. The predicted octanol–water partition coefficient (Wildman–Crippen LogP) is -1.19. The van der Waals surface area contributed by atoms with Crippen LogP contribution in [-0.2, 0) is 52.5 Å². The molecule has 2 fully saturated rings. The highest BCUT2D eigenvalue weighted by Gasteiger charge is 2.17. The predicted molar refractivity (Wildman–Crippen MR) is 186 cm³/mol. The first-order valence-corrected chi connectivity index (χ1v) is 15.4. The molecular weight excluding hydrogens is 676 g/mol. The number of rotatable bonds is 16. The van der Waals surface area contributed by atoms with Gasteiger partial charge in [0.2, 0.25) is 0 Å². The molecule has 0 saturated carbocycles. The zero-order valence-electron chi connectivity index (χ0n) is 28.4. The number of nitrogens with zero attached hydrogens (tertiary/aromatic N) is 4. The first kappa shape index (κ1) is 51.2. The number of carbonyl (C=O) groups excluding carboxylic acids is 5. The van der Waals surface area contributed by atoms with Gasteiger partial charge in [-0.3, -0.25) is 19.6 Å². The van der Waals surface area contributed by atoms with Gasteiger partial charge in [0, 0.05) is 115 Å². The van der Waals surface area contributed by atoms with Gasteiger partial charge in [-0.2, -0.15) is 0 Å². The average molecular weight is 735 g/mol. The van der Waals surface area contributed by atoms with E-state index in [2.05, 4.69) is 33.8 Å². The Morgan fingerprint density at radius 2 is 0.725 bits per heavy atom. The van der Waals surface area contributed by atoms with Gasteiger partial charge in [-0.15, -0.1) is 0 Å². The summed E-state index contributed by atoms with van der Waals surface area (Å²) in [6, 6.07) is 0. The molecule has 2 rings (SSSR count). The van der Waals surface area contributed by atoms with E-state index in [1.165, 1.54) is 21.3 Å². The summed E-state index contributed by atoms with van der Waals surface area (Å²) in [5.74, 6) is -4.24. The summed E-state index contributed by atoms with van der Waals surface area (Å²) in [5, 5.41) is 25.3. The Kier molecular flexibility index (Phi) is 33.1. The minimum atomic E-state index is -1.17. The van der Waals surface area contributed by atoms with Crippen LogP contribution >= 0.6 is 0 Å². The van der Waals surface area contributed by atoms with Crippen molar-refractivity contribution in [3.63, 3.8) is 0 Å². The molecule has 0 aromatic carbocycles. The van der Waals surface area contributed by atoms with Crippen LogP contribution in [0.4, 0.5) is 0 Å². The van der Waals surface area contributed by atoms with Crippen LogP contribution in [0.25, 0.3) is 0 Å². The van der Waals surface area contributed by atoms with Gasteiger partial charge in [0.1, 0.15) is 13.2 Å². The number of aliphatic hydroxyl groups excluding tert-OH is 2. The Morgan fingerprint density at radius 1 is 0.471 bits per heavy atom. The molecule has 294 valence electrons. The lowest BCUT2D eigenvalue weighted by atomic mass is 10.3. The second-order valence-electron chi connectivity index (χ2n) is 10.1. The third kappa shape index (κ3) is 29.3. The number of piperazine rings is 2. The lowest BCUT2D eigenvalue weighted by molar-refractivity contribution is -0.140. The number of aliphatic hydroxyl groups is 2. The van der Waals surface area contributed by atoms with Crippen LogP contribution in [0.3, 0.4) is 0 Å². The van der Waals surface area contributed by atoms with Crippen molar-refractivity contribution in [1.82, 2.24) is 19.6 Å². The number of hydrogen-bond donors (Lipinski definition) is 3. The summed E-state index contributed by atoms with van der Waals surface area (Å²) in [6.07, 6.45) is 5.64. The molecule has 2 aliphatic heterocycles. The monoisotopic (exact) mass is 734 g/mol. The van der Waals surface area contributed by atoms with Gasteiger partial charge in [0.05, 0.1) is 34.5 Å². The fourth-order valence-electron chi connectivity index (χ4n) is 4.02. The van der Waals surface area contributed by atoms with E-state index in [9.17, 15) is 28.8 Å². The summed E-state index contributed by atoms with van der Waals surface area (Å²) in [6.45, 7) is 11.0. The number of aliphatic carboxylic acids is 1. The standard InChI is InChI=1S/C18H26N2O8.C8H18N2O2.C5H6O4.2CH4/c1-25-15(21)3-5-17(23)27-13-11-19-7-9-20(10-8-19)12-14-28-18(24)6-4-16(22)26-2;11-7-5-9-1-2-10(4-3-9)6-8-12;1-9-5(8)3-2-4(6)7;;/h3-6H,7-14H2,1-2H3;11-12H,1-8H2;2-3H,1H3,(H,6,7);2*1H4/b5-3+,6-4+;;3-2+;;. The van der Waals surface area contributed by atoms with Crippen molar-refractivity contribution in [2.75, 3.05) is 126 Å². The summed E-state index contributed by atoms with van der Waals surface area (Å²) in [4.78, 5) is 73.2. The van der Waals surface area contributed by atoms with Crippen molar-refractivity contribution in [1.29, 1.82) is 0 Å². The number of carboxylic acids is 1. The van der Waals surface area contributed by atoms with Crippen LogP contribution in [0, 0.1) is 0 Å². The van der Waals surface area contributed by atoms with E-state index < -0.39 is 35.8 Å². The Bertz CT molecular complexity index is 1020. The Balaban J connectivity index is -0.000000823. The number of β-amino-alcohol motifs (C(OH)–C–C–N with tert-alkyl or cyclic N) is 2. The highest BCUT2D eigenvalue weighted by molar-refractivity contribution is 5.92. The second-order valence-corrected chi connectivity index (χ2v) is 10.1. The number of hydrogen-bond acceptors (Lipinski definition) is 17. The molecule has 3 N–H and O–H groups in total. The van der Waals surface area contributed by atoms with Gasteiger partial charge in [0.15, 0.2) is 0 Å². The molecule has 0 aromatic heterocycles. The quantitative estimate of drug-likeness (QED) is 0.0964. The molecule has 0 amide bonds. The van der Waals surface area contributed by atoms with Crippen LogP contribution in [0.1, 0.15) is 14.9 Å². The highest BCUT2D eigenvalue weighted by Crippen LogP contribution is 2.02. The molecule has 0 aromatic rings. The van der Waals surface area contributed by atoms with Crippen molar-refractivity contribution in [3.8, 4) is 0 Å². The molecule has 2 aliphatic rings. The Labute approximate surface area is 300 Å². The first-order valence-electron chi connectivity index (χ1n) is 15.4. The number of methoxy groups -OCH3 is 3. The van der Waals surface area contributed by atoms with Crippen molar-refractivity contribution in [2.45, 2.75) is 14.9 Å². The van der Waals surface area contributed by atoms with E-state index in [1.807, 2.05) is 0 Å². The van der Waals surface area contributed by atoms with E-state index >= 15 is 0 Å². The van der Waals surface area contributed by atoms with Crippen molar-refractivity contribution in [3.05, 3.63) is 36.5 Å². The molecule has 18 heteroatoms. The fraction of sp³-hybridized carbons (Fsp3) is 0.636. The highest BCUT2D eigenvalue weighted by atomic mass is 16.5. The van der Waals surface area contributed by atoms with E-state index in [4.69, 9.17) is 24.8 Å². The van der Waals surface area contributed by atoms with E-state index in [0.717, 1.165) is 95.8 Å². The molecule has 0 radical (unpaired) electrons. The molecule has 2 heterocycles. The normalized spacial score (nSPS) is 15.2.